The molecule has 0 atom stereocenters. The lowest BCUT2D eigenvalue weighted by Gasteiger charge is -2.14. The smallest absolute Gasteiger partial charge is 0.332 e. The van der Waals surface area contributed by atoms with Crippen LogP contribution in [0.3, 0.4) is 0 Å². The molecule has 0 saturated carbocycles. The summed E-state index contributed by atoms with van der Waals surface area (Å²) in [5.74, 6) is 1.02. The molecule has 11 nitrogen and oxygen atoms in total. The standard InChI is InChI=1S/C22H25N7O4/c1-5-9-28-19-17(21(31)29(10-6-2)22(28)32)24-18(25-19)14-7-8-16(23-12-14)27(4)20(30)15-11-13(3)33-26-15/h7-8,11-12H,5-6,9-10H2,1-4H3,(H,24,25). The van der Waals surface area contributed by atoms with Crippen molar-refractivity contribution in [1.82, 2.24) is 29.2 Å². The predicted molar refractivity (Wildman–Crippen MR) is 122 cm³/mol. The molecule has 4 rings (SSSR count). The van der Waals surface area contributed by atoms with Crippen molar-refractivity contribution in [2.45, 2.75) is 46.7 Å². The van der Waals surface area contributed by atoms with Gasteiger partial charge in [-0.1, -0.05) is 19.0 Å². The fraction of sp³-hybridized carbons (Fsp3) is 0.364. The van der Waals surface area contributed by atoms with Gasteiger partial charge in [0.05, 0.1) is 0 Å². The zero-order valence-electron chi connectivity index (χ0n) is 19.0. The summed E-state index contributed by atoms with van der Waals surface area (Å²) in [5, 5.41) is 3.74. The van der Waals surface area contributed by atoms with E-state index in [4.69, 9.17) is 4.52 Å². The predicted octanol–water partition coefficient (Wildman–Crippen LogP) is 2.34. The fourth-order valence-electron chi connectivity index (χ4n) is 3.62. The molecule has 0 aliphatic rings. The zero-order valence-corrected chi connectivity index (χ0v) is 19.0. The lowest BCUT2D eigenvalue weighted by atomic mass is 10.2. The van der Waals surface area contributed by atoms with Crippen LogP contribution < -0.4 is 16.1 Å². The Labute approximate surface area is 188 Å². The summed E-state index contributed by atoms with van der Waals surface area (Å²) in [6.45, 7) is 6.38. The third kappa shape index (κ3) is 3.97. The zero-order chi connectivity index (χ0) is 23.7. The maximum Gasteiger partial charge on any atom is 0.332 e. The molecule has 0 spiro atoms. The molecular weight excluding hydrogens is 426 g/mol. The maximum atomic E-state index is 12.9. The molecule has 0 fully saturated rings. The molecule has 0 radical (unpaired) electrons. The number of aryl methyl sites for hydroxylation is 2. The Morgan fingerprint density at radius 3 is 2.48 bits per heavy atom. The highest BCUT2D eigenvalue weighted by molar-refractivity contribution is 6.03. The third-order valence-corrected chi connectivity index (χ3v) is 5.27. The monoisotopic (exact) mass is 451 g/mol. The number of imidazole rings is 1. The SMILES string of the molecule is CCCn1c(=O)c2[nH]c(-c3ccc(N(C)C(=O)c4cc(C)on4)nc3)nc2n(CCC)c1=O. The number of pyridine rings is 1. The van der Waals surface area contributed by atoms with E-state index in [0.29, 0.717) is 48.1 Å². The van der Waals surface area contributed by atoms with Gasteiger partial charge in [-0.05, 0) is 31.9 Å². The van der Waals surface area contributed by atoms with E-state index in [1.807, 2.05) is 13.8 Å². The van der Waals surface area contributed by atoms with Crippen LogP contribution in [0.1, 0.15) is 42.9 Å². The Kier molecular flexibility index (Phi) is 5.95. The number of aromatic nitrogens is 6. The van der Waals surface area contributed by atoms with Crippen molar-refractivity contribution in [3.63, 3.8) is 0 Å². The highest BCUT2D eigenvalue weighted by Crippen LogP contribution is 2.21. The van der Waals surface area contributed by atoms with Gasteiger partial charge in [0.15, 0.2) is 11.3 Å². The number of carbonyl (C=O) groups excluding carboxylic acids is 1. The van der Waals surface area contributed by atoms with Crippen LogP contribution in [0.25, 0.3) is 22.6 Å². The lowest BCUT2D eigenvalue weighted by molar-refractivity contribution is 0.0983. The van der Waals surface area contributed by atoms with Gasteiger partial charge in [0, 0.05) is 38.0 Å². The van der Waals surface area contributed by atoms with E-state index in [1.54, 1.807) is 38.4 Å². The molecule has 0 saturated heterocycles. The van der Waals surface area contributed by atoms with Crippen molar-refractivity contribution in [2.24, 2.45) is 0 Å². The lowest BCUT2D eigenvalue weighted by Crippen LogP contribution is -2.40. The van der Waals surface area contributed by atoms with Crippen LogP contribution in [0.15, 0.2) is 38.5 Å². The summed E-state index contributed by atoms with van der Waals surface area (Å²) in [7, 11) is 1.59. The molecule has 33 heavy (non-hydrogen) atoms. The van der Waals surface area contributed by atoms with Crippen LogP contribution in [-0.4, -0.2) is 42.2 Å². The van der Waals surface area contributed by atoms with Gasteiger partial charge in [-0.15, -0.1) is 0 Å². The van der Waals surface area contributed by atoms with E-state index in [9.17, 15) is 14.4 Å². The van der Waals surface area contributed by atoms with Gasteiger partial charge in [-0.25, -0.2) is 14.8 Å². The number of nitrogens with one attached hydrogen (secondary N) is 1. The molecule has 11 heteroatoms. The first kappa shape index (κ1) is 22.2. The van der Waals surface area contributed by atoms with E-state index >= 15 is 0 Å². The van der Waals surface area contributed by atoms with E-state index in [1.165, 1.54) is 14.0 Å². The number of hydrogen-bond donors (Lipinski definition) is 1. The van der Waals surface area contributed by atoms with Crippen LogP contribution in [0, 0.1) is 6.92 Å². The molecule has 0 aromatic carbocycles. The summed E-state index contributed by atoms with van der Waals surface area (Å²) < 4.78 is 7.74. The number of fused-ring (bicyclic) bond motifs is 1. The molecule has 0 aliphatic carbocycles. The quantitative estimate of drug-likeness (QED) is 0.456. The first-order valence-electron chi connectivity index (χ1n) is 10.8. The van der Waals surface area contributed by atoms with Gasteiger partial charge in [0.25, 0.3) is 11.5 Å². The Bertz CT molecular complexity index is 1430. The molecule has 0 bridgehead atoms. The number of nitrogens with zero attached hydrogens (tertiary/aromatic N) is 6. The van der Waals surface area contributed by atoms with E-state index in [0.717, 1.165) is 6.42 Å². The number of amides is 1. The normalized spacial score (nSPS) is 11.3. The molecule has 4 heterocycles. The van der Waals surface area contributed by atoms with Crippen molar-refractivity contribution in [1.29, 1.82) is 0 Å². The minimum atomic E-state index is -0.388. The largest absolute Gasteiger partial charge is 0.361 e. The van der Waals surface area contributed by atoms with Crippen molar-refractivity contribution < 1.29 is 9.32 Å². The number of rotatable bonds is 7. The molecule has 1 amide bonds. The fourth-order valence-corrected chi connectivity index (χ4v) is 3.62. The van der Waals surface area contributed by atoms with E-state index < -0.39 is 0 Å². The van der Waals surface area contributed by atoms with Crippen LogP contribution >= 0.6 is 0 Å². The summed E-state index contributed by atoms with van der Waals surface area (Å²) in [5.41, 5.74) is 0.670. The van der Waals surface area contributed by atoms with E-state index in [-0.39, 0.29) is 28.4 Å². The Morgan fingerprint density at radius 2 is 1.88 bits per heavy atom. The summed E-state index contributed by atoms with van der Waals surface area (Å²) in [6, 6.07) is 4.97. The second kappa shape index (κ2) is 8.85. The molecular formula is C22H25N7O4. The van der Waals surface area contributed by atoms with Gasteiger partial charge in [0.2, 0.25) is 0 Å². The highest BCUT2D eigenvalue weighted by atomic mass is 16.5. The topological polar surface area (TPSA) is 132 Å². The number of hydrogen-bond acceptors (Lipinski definition) is 7. The van der Waals surface area contributed by atoms with Crippen molar-refractivity contribution in [3.05, 3.63) is 56.7 Å². The average Bonchev–Trinajstić information content (AvgIpc) is 3.45. The molecule has 0 unspecified atom stereocenters. The Hall–Kier alpha value is -4.02. The highest BCUT2D eigenvalue weighted by Gasteiger charge is 2.20. The van der Waals surface area contributed by atoms with Crippen LogP contribution in [-0.2, 0) is 13.1 Å². The molecule has 1 N–H and O–H groups in total. The number of H-pyrrole nitrogens is 1. The van der Waals surface area contributed by atoms with Gasteiger partial charge in [-0.2, -0.15) is 0 Å². The number of aromatic amines is 1. The van der Waals surface area contributed by atoms with E-state index in [2.05, 4.69) is 20.1 Å². The van der Waals surface area contributed by atoms with Crippen LogP contribution in [0.4, 0.5) is 5.82 Å². The van der Waals surface area contributed by atoms with Gasteiger partial charge in [-0.3, -0.25) is 23.6 Å². The maximum absolute atomic E-state index is 12.9. The minimum Gasteiger partial charge on any atom is -0.361 e. The average molecular weight is 451 g/mol. The second-order valence-electron chi connectivity index (χ2n) is 7.77. The molecule has 4 aromatic heterocycles. The molecule has 172 valence electrons. The second-order valence-corrected chi connectivity index (χ2v) is 7.77. The molecule has 4 aromatic rings. The first-order chi connectivity index (χ1) is 15.8. The summed E-state index contributed by atoms with van der Waals surface area (Å²) in [4.78, 5) is 51.6. The van der Waals surface area contributed by atoms with Crippen molar-refractivity contribution in [2.75, 3.05) is 11.9 Å². The molecule has 0 aliphatic heterocycles. The van der Waals surface area contributed by atoms with Gasteiger partial charge in [0.1, 0.15) is 22.9 Å². The van der Waals surface area contributed by atoms with Gasteiger partial charge >= 0.3 is 5.69 Å². The number of carbonyl (C=O) groups is 1. The summed E-state index contributed by atoms with van der Waals surface area (Å²) >= 11 is 0. The third-order valence-electron chi connectivity index (χ3n) is 5.27. The minimum absolute atomic E-state index is 0.190. The van der Waals surface area contributed by atoms with Crippen LogP contribution in [0.2, 0.25) is 0 Å². The Morgan fingerprint density at radius 1 is 1.15 bits per heavy atom. The Balaban J connectivity index is 1.71. The first-order valence-corrected chi connectivity index (χ1v) is 10.8. The van der Waals surface area contributed by atoms with Gasteiger partial charge < -0.3 is 9.51 Å². The van der Waals surface area contributed by atoms with Crippen molar-refractivity contribution in [3.8, 4) is 11.4 Å². The number of anilines is 1. The van der Waals surface area contributed by atoms with Crippen LogP contribution in [0.5, 0.6) is 0 Å². The summed E-state index contributed by atoms with van der Waals surface area (Å²) in [6.07, 6.45) is 2.94. The van der Waals surface area contributed by atoms with Crippen molar-refractivity contribution >= 4 is 22.9 Å².